The van der Waals surface area contributed by atoms with Crippen molar-refractivity contribution in [3.63, 3.8) is 0 Å². The highest BCUT2D eigenvalue weighted by Crippen LogP contribution is 2.23. The normalized spacial score (nSPS) is 13.0. The first-order valence-electron chi connectivity index (χ1n) is 7.52. The zero-order valence-electron chi connectivity index (χ0n) is 13.6. The van der Waals surface area contributed by atoms with E-state index >= 15 is 0 Å². The Morgan fingerprint density at radius 3 is 2.68 bits per heavy atom. The number of aliphatic carboxylic acids is 1. The lowest BCUT2D eigenvalue weighted by Gasteiger charge is -2.20. The van der Waals surface area contributed by atoms with Crippen molar-refractivity contribution in [2.45, 2.75) is 26.3 Å². The summed E-state index contributed by atoms with van der Waals surface area (Å²) in [5.74, 6) is -2.14. The van der Waals surface area contributed by atoms with Crippen molar-refractivity contribution < 1.29 is 19.6 Å². The molecule has 0 saturated carbocycles. The highest BCUT2D eigenvalue weighted by Gasteiger charge is 2.27. The molecule has 1 aromatic carbocycles. The van der Waals surface area contributed by atoms with E-state index in [1.807, 2.05) is 6.92 Å². The number of carbonyl (C=O) groups excluding carboxylic acids is 1. The first-order valence-corrected chi connectivity index (χ1v) is 7.52. The fourth-order valence-electron chi connectivity index (χ4n) is 2.24. The molecule has 0 aliphatic heterocycles. The van der Waals surface area contributed by atoms with Crippen molar-refractivity contribution in [2.75, 3.05) is 0 Å². The van der Waals surface area contributed by atoms with E-state index in [9.17, 15) is 24.8 Å². The lowest BCUT2D eigenvalue weighted by Crippen LogP contribution is -2.45. The Morgan fingerprint density at radius 1 is 1.44 bits per heavy atom. The third kappa shape index (κ3) is 3.97. The molecule has 0 aliphatic carbocycles. The highest BCUT2D eigenvalue weighted by atomic mass is 16.6. The molecule has 0 saturated heterocycles. The van der Waals surface area contributed by atoms with E-state index in [0.29, 0.717) is 6.42 Å². The van der Waals surface area contributed by atoms with Crippen LogP contribution in [0.3, 0.4) is 0 Å². The van der Waals surface area contributed by atoms with Crippen molar-refractivity contribution in [1.82, 2.24) is 20.1 Å². The summed E-state index contributed by atoms with van der Waals surface area (Å²) in [5.41, 5.74) is -0.200. The molecule has 2 atom stereocenters. The Balaban J connectivity index is 2.33. The summed E-state index contributed by atoms with van der Waals surface area (Å²) in [6.07, 6.45) is 3.09. The number of aromatic nitrogens is 3. The van der Waals surface area contributed by atoms with Crippen LogP contribution in [0.1, 0.15) is 30.6 Å². The average Bonchev–Trinajstić information content (AvgIpc) is 3.12. The van der Waals surface area contributed by atoms with Crippen LogP contribution >= 0.6 is 0 Å². The van der Waals surface area contributed by atoms with Crippen LogP contribution in [0, 0.1) is 16.0 Å². The topological polar surface area (TPSA) is 140 Å². The SMILES string of the molecule is CC[C@H](C)[C@H](NC(=O)c1ccc(-n2cncn2)c([N+](=O)[O-])c1)C(=O)O. The molecule has 0 aliphatic rings. The van der Waals surface area contributed by atoms with Gasteiger partial charge in [0.2, 0.25) is 0 Å². The summed E-state index contributed by atoms with van der Waals surface area (Å²) in [7, 11) is 0. The quantitative estimate of drug-likeness (QED) is 0.570. The van der Waals surface area contributed by atoms with Gasteiger partial charge in [0, 0.05) is 11.6 Å². The Hall–Kier alpha value is -3.30. The van der Waals surface area contributed by atoms with Gasteiger partial charge in [0.05, 0.1) is 4.92 Å². The molecule has 10 nitrogen and oxygen atoms in total. The van der Waals surface area contributed by atoms with Crippen LogP contribution in [0.5, 0.6) is 0 Å². The lowest BCUT2D eigenvalue weighted by molar-refractivity contribution is -0.384. The average molecular weight is 347 g/mol. The van der Waals surface area contributed by atoms with Gasteiger partial charge in [0.1, 0.15) is 24.4 Å². The molecule has 2 N–H and O–H groups in total. The van der Waals surface area contributed by atoms with Crippen molar-refractivity contribution >= 4 is 17.6 Å². The summed E-state index contributed by atoms with van der Waals surface area (Å²) in [6.45, 7) is 3.51. The fourth-order valence-corrected chi connectivity index (χ4v) is 2.24. The predicted octanol–water partition coefficient (Wildman–Crippen LogP) is 1.40. The van der Waals surface area contributed by atoms with Gasteiger partial charge in [-0.3, -0.25) is 14.9 Å². The Kier molecular flexibility index (Phi) is 5.42. The number of rotatable bonds is 7. The van der Waals surface area contributed by atoms with Gasteiger partial charge in [-0.15, -0.1) is 0 Å². The van der Waals surface area contributed by atoms with Crippen LogP contribution in [0.4, 0.5) is 5.69 Å². The molecular weight excluding hydrogens is 330 g/mol. The molecule has 0 spiro atoms. The number of nitro groups is 1. The van der Waals surface area contributed by atoms with Gasteiger partial charge in [0.25, 0.3) is 11.6 Å². The van der Waals surface area contributed by atoms with E-state index in [-0.39, 0.29) is 22.9 Å². The second-order valence-corrected chi connectivity index (χ2v) is 5.48. The minimum atomic E-state index is -1.16. The van der Waals surface area contributed by atoms with Crippen LogP contribution in [0.2, 0.25) is 0 Å². The number of hydrogen-bond acceptors (Lipinski definition) is 6. The number of carboxylic acids is 1. The number of amides is 1. The first kappa shape index (κ1) is 18.0. The minimum absolute atomic E-state index is 0.00915. The molecule has 0 fully saturated rings. The van der Waals surface area contributed by atoms with Crippen LogP contribution in [-0.4, -0.2) is 42.7 Å². The second kappa shape index (κ2) is 7.51. The molecule has 0 radical (unpaired) electrons. The number of carbonyl (C=O) groups is 2. The molecule has 2 rings (SSSR count). The van der Waals surface area contributed by atoms with Gasteiger partial charge in [-0.1, -0.05) is 20.3 Å². The number of nitrogens with one attached hydrogen (secondary N) is 1. The molecule has 1 amide bonds. The lowest BCUT2D eigenvalue weighted by atomic mass is 9.99. The van der Waals surface area contributed by atoms with Gasteiger partial charge < -0.3 is 10.4 Å². The monoisotopic (exact) mass is 347 g/mol. The Labute approximate surface area is 142 Å². The predicted molar refractivity (Wildman–Crippen MR) is 86.4 cm³/mol. The van der Waals surface area contributed by atoms with Crippen LogP contribution in [0.25, 0.3) is 5.69 Å². The summed E-state index contributed by atoms with van der Waals surface area (Å²) in [4.78, 5) is 38.0. The van der Waals surface area contributed by atoms with Gasteiger partial charge in [-0.2, -0.15) is 5.10 Å². The van der Waals surface area contributed by atoms with Crippen LogP contribution in [0.15, 0.2) is 30.9 Å². The summed E-state index contributed by atoms with van der Waals surface area (Å²) in [6, 6.07) is 2.74. The fraction of sp³-hybridized carbons (Fsp3) is 0.333. The van der Waals surface area contributed by atoms with Gasteiger partial charge in [-0.25, -0.2) is 14.5 Å². The van der Waals surface area contributed by atoms with E-state index in [1.165, 1.54) is 29.5 Å². The molecule has 10 heteroatoms. The third-order valence-electron chi connectivity index (χ3n) is 3.87. The Morgan fingerprint density at radius 2 is 2.16 bits per heavy atom. The molecule has 132 valence electrons. The highest BCUT2D eigenvalue weighted by molar-refractivity contribution is 5.97. The summed E-state index contributed by atoms with van der Waals surface area (Å²) < 4.78 is 1.21. The zero-order chi connectivity index (χ0) is 18.6. The van der Waals surface area contributed by atoms with Gasteiger partial charge in [0.15, 0.2) is 0 Å². The second-order valence-electron chi connectivity index (χ2n) is 5.48. The van der Waals surface area contributed by atoms with Crippen molar-refractivity contribution in [1.29, 1.82) is 0 Å². The van der Waals surface area contributed by atoms with Crippen molar-refractivity contribution in [2.24, 2.45) is 5.92 Å². The molecule has 1 aromatic heterocycles. The third-order valence-corrected chi connectivity index (χ3v) is 3.87. The van der Waals surface area contributed by atoms with Crippen LogP contribution < -0.4 is 5.32 Å². The van der Waals surface area contributed by atoms with Crippen molar-refractivity contribution in [3.8, 4) is 5.69 Å². The van der Waals surface area contributed by atoms with E-state index < -0.39 is 22.8 Å². The molecule has 2 aromatic rings. The molecule has 1 heterocycles. The van der Waals surface area contributed by atoms with E-state index in [2.05, 4.69) is 15.4 Å². The number of hydrogen-bond donors (Lipinski definition) is 2. The van der Waals surface area contributed by atoms with E-state index in [1.54, 1.807) is 6.92 Å². The van der Waals surface area contributed by atoms with Crippen LogP contribution in [-0.2, 0) is 4.79 Å². The molecular formula is C15H17N5O5. The maximum atomic E-state index is 12.3. The maximum absolute atomic E-state index is 12.3. The number of nitrogens with zero attached hydrogens (tertiary/aromatic N) is 4. The van der Waals surface area contributed by atoms with Gasteiger partial charge in [-0.05, 0) is 18.1 Å². The molecule has 25 heavy (non-hydrogen) atoms. The number of carboxylic acid groups (broad SMARTS) is 1. The summed E-state index contributed by atoms with van der Waals surface area (Å²) in [5, 5.41) is 26.8. The van der Waals surface area contributed by atoms with Gasteiger partial charge >= 0.3 is 5.97 Å². The first-order chi connectivity index (χ1) is 11.8. The Bertz CT molecular complexity index is 790. The minimum Gasteiger partial charge on any atom is -0.480 e. The zero-order valence-corrected chi connectivity index (χ0v) is 13.6. The summed E-state index contributed by atoms with van der Waals surface area (Å²) >= 11 is 0. The van der Waals surface area contributed by atoms with E-state index in [4.69, 9.17) is 0 Å². The maximum Gasteiger partial charge on any atom is 0.326 e. The standard InChI is InChI=1S/C15H17N5O5/c1-3-9(2)13(15(22)23)18-14(21)10-4-5-11(12(6-10)20(24)25)19-8-16-7-17-19/h4-9,13H,3H2,1-2H3,(H,18,21)(H,22,23)/t9-,13-/m0/s1. The number of benzene rings is 1. The smallest absolute Gasteiger partial charge is 0.326 e. The molecule has 0 bridgehead atoms. The molecule has 0 unspecified atom stereocenters. The van der Waals surface area contributed by atoms with E-state index in [0.717, 1.165) is 6.07 Å². The largest absolute Gasteiger partial charge is 0.480 e. The number of nitro benzene ring substituents is 1. The van der Waals surface area contributed by atoms with Crippen molar-refractivity contribution in [3.05, 3.63) is 46.5 Å².